The highest BCUT2D eigenvalue weighted by molar-refractivity contribution is 6.35. The van der Waals surface area contributed by atoms with Crippen LogP contribution < -0.4 is 5.32 Å². The maximum absolute atomic E-state index is 13.4. The largest absolute Gasteiger partial charge is 0.481 e. The van der Waals surface area contributed by atoms with E-state index >= 15 is 0 Å². The van der Waals surface area contributed by atoms with E-state index < -0.39 is 5.97 Å². The molecule has 1 atom stereocenters. The Morgan fingerprint density at radius 2 is 1.71 bits per heavy atom. The summed E-state index contributed by atoms with van der Waals surface area (Å²) in [6.07, 6.45) is 6.95. The summed E-state index contributed by atoms with van der Waals surface area (Å²) >= 11 is 12.5. The van der Waals surface area contributed by atoms with Crippen LogP contribution in [0.5, 0.6) is 0 Å². The number of nitrogens with one attached hydrogen (secondary N) is 1. The van der Waals surface area contributed by atoms with Gasteiger partial charge in [-0.1, -0.05) is 65.7 Å². The highest BCUT2D eigenvalue weighted by Crippen LogP contribution is 2.34. The Bertz CT molecular complexity index is 1620. The van der Waals surface area contributed by atoms with Gasteiger partial charge in [0.25, 0.3) is 5.91 Å². The van der Waals surface area contributed by atoms with Crippen molar-refractivity contribution < 1.29 is 19.1 Å². The van der Waals surface area contributed by atoms with Crippen molar-refractivity contribution in [2.75, 3.05) is 6.54 Å². The number of hydrogen-bond donors (Lipinski definition) is 2. The summed E-state index contributed by atoms with van der Waals surface area (Å²) in [6.45, 7) is 0.505. The molecule has 0 spiro atoms. The van der Waals surface area contributed by atoms with Gasteiger partial charge in [-0.2, -0.15) is 5.10 Å². The molecule has 41 heavy (non-hydrogen) atoms. The summed E-state index contributed by atoms with van der Waals surface area (Å²) in [6, 6.07) is 21.0. The Labute approximate surface area is 246 Å². The van der Waals surface area contributed by atoms with Gasteiger partial charge >= 0.3 is 5.97 Å². The Balaban J connectivity index is 1.40. The fraction of sp³-hybridized carbons (Fsp3) is 0.156. The number of carbonyl (C=O) groups is 2. The number of carbonyl (C=O) groups excluding carboxylic acids is 1. The van der Waals surface area contributed by atoms with Gasteiger partial charge in [-0.15, -0.1) is 0 Å². The highest BCUT2D eigenvalue weighted by Gasteiger charge is 2.18. The predicted molar refractivity (Wildman–Crippen MR) is 159 cm³/mol. The second-order valence-electron chi connectivity index (χ2n) is 9.74. The van der Waals surface area contributed by atoms with E-state index in [1.807, 2.05) is 47.1 Å². The maximum Gasteiger partial charge on any atom is 0.305 e. The van der Waals surface area contributed by atoms with E-state index in [1.54, 1.807) is 18.2 Å². The number of aromatic nitrogens is 2. The topological polar surface area (TPSA) is 84.2 Å². The van der Waals surface area contributed by atoms with E-state index in [2.05, 4.69) is 23.5 Å². The summed E-state index contributed by atoms with van der Waals surface area (Å²) in [5, 5.41) is 17.3. The van der Waals surface area contributed by atoms with E-state index in [0.717, 1.165) is 34.4 Å². The number of amides is 1. The number of halogens is 3. The lowest BCUT2D eigenvalue weighted by molar-refractivity contribution is -0.136. The Kier molecular flexibility index (Phi) is 8.67. The Morgan fingerprint density at radius 3 is 2.34 bits per heavy atom. The number of carboxylic acids is 1. The van der Waals surface area contributed by atoms with Crippen LogP contribution in [0, 0.1) is 5.82 Å². The highest BCUT2D eigenvalue weighted by atomic mass is 35.5. The molecule has 1 aliphatic rings. The summed E-state index contributed by atoms with van der Waals surface area (Å²) < 4.78 is 15.3. The molecule has 1 heterocycles. The van der Waals surface area contributed by atoms with Crippen molar-refractivity contribution in [2.45, 2.75) is 25.3 Å². The number of nitrogens with zero attached hydrogens (tertiary/aromatic N) is 2. The van der Waals surface area contributed by atoms with Crippen molar-refractivity contribution in [1.82, 2.24) is 15.1 Å². The summed E-state index contributed by atoms with van der Waals surface area (Å²) in [5.74, 6) is -1.40. The van der Waals surface area contributed by atoms with Crippen LogP contribution in [0.25, 0.3) is 16.8 Å². The molecule has 0 fully saturated rings. The van der Waals surface area contributed by atoms with E-state index in [0.29, 0.717) is 27.8 Å². The molecule has 2 N–H and O–H groups in total. The van der Waals surface area contributed by atoms with Crippen molar-refractivity contribution in [3.05, 3.63) is 129 Å². The first kappa shape index (κ1) is 28.3. The molecule has 0 radical (unpaired) electrons. The smallest absolute Gasteiger partial charge is 0.305 e. The van der Waals surface area contributed by atoms with Crippen LogP contribution in [0.2, 0.25) is 10.0 Å². The van der Waals surface area contributed by atoms with Crippen molar-refractivity contribution in [2.24, 2.45) is 0 Å². The van der Waals surface area contributed by atoms with E-state index in [9.17, 15) is 14.0 Å². The number of benzene rings is 3. The van der Waals surface area contributed by atoms with Crippen molar-refractivity contribution in [3.63, 3.8) is 0 Å². The molecule has 1 unspecified atom stereocenters. The van der Waals surface area contributed by atoms with Crippen LogP contribution >= 0.6 is 23.2 Å². The SMILES string of the molecule is O=C(O)CCNC(=O)c1ccc(Cn2nc(-c3cc(Cl)cc(Cl)c3)cc2C2=CCC(c3ccc(F)cc3)C=C2)cc1. The summed E-state index contributed by atoms with van der Waals surface area (Å²) in [5.41, 5.74) is 5.84. The lowest BCUT2D eigenvalue weighted by Gasteiger charge is -2.17. The van der Waals surface area contributed by atoms with Gasteiger partial charge in [0.05, 0.1) is 24.4 Å². The predicted octanol–water partition coefficient (Wildman–Crippen LogP) is 7.38. The molecule has 4 aromatic rings. The van der Waals surface area contributed by atoms with Gasteiger partial charge in [0.1, 0.15) is 5.82 Å². The lowest BCUT2D eigenvalue weighted by Crippen LogP contribution is -2.25. The van der Waals surface area contributed by atoms with E-state index in [1.165, 1.54) is 12.1 Å². The van der Waals surface area contributed by atoms with Gasteiger partial charge in [-0.25, -0.2) is 4.39 Å². The molecule has 3 aromatic carbocycles. The molecule has 208 valence electrons. The Morgan fingerprint density at radius 1 is 1.00 bits per heavy atom. The van der Waals surface area contributed by atoms with Gasteiger partial charge in [-0.3, -0.25) is 14.3 Å². The van der Waals surface area contributed by atoms with Gasteiger partial charge in [-0.05, 0) is 71.7 Å². The van der Waals surface area contributed by atoms with Gasteiger partial charge < -0.3 is 10.4 Å². The Hall–Kier alpha value is -4.20. The van der Waals surface area contributed by atoms with Crippen molar-refractivity contribution in [3.8, 4) is 11.3 Å². The number of allylic oxidation sites excluding steroid dienone is 4. The van der Waals surface area contributed by atoms with Crippen LogP contribution in [0.4, 0.5) is 4.39 Å². The number of rotatable bonds is 9. The average Bonchev–Trinajstić information content (AvgIpc) is 3.37. The standard InChI is InChI=1S/C32H26Cl2FN3O3/c33-26-15-25(16-27(34)17-26)29-18-30(23-7-5-21(6-8-23)22-9-11-28(35)12-10-22)38(37-29)19-20-1-3-24(4-2-20)32(41)36-14-13-31(39)40/h1-5,7-12,15-18,21H,6,13-14,19H2,(H,36,41)(H,39,40). The van der Waals surface area contributed by atoms with Gasteiger partial charge in [0.2, 0.25) is 0 Å². The molecule has 0 aliphatic heterocycles. The third-order valence-electron chi connectivity index (χ3n) is 6.80. The van der Waals surface area contributed by atoms with Crippen LogP contribution in [0.3, 0.4) is 0 Å². The maximum atomic E-state index is 13.4. The van der Waals surface area contributed by atoms with Gasteiger partial charge in [0, 0.05) is 33.6 Å². The van der Waals surface area contributed by atoms with Crippen LogP contribution in [-0.2, 0) is 11.3 Å². The van der Waals surface area contributed by atoms with Crippen molar-refractivity contribution >= 4 is 40.7 Å². The van der Waals surface area contributed by atoms with Crippen molar-refractivity contribution in [1.29, 1.82) is 0 Å². The van der Waals surface area contributed by atoms with Crippen LogP contribution in [0.1, 0.15) is 45.9 Å². The van der Waals surface area contributed by atoms with E-state index in [-0.39, 0.29) is 30.6 Å². The van der Waals surface area contributed by atoms with Crippen LogP contribution in [0.15, 0.2) is 91.0 Å². The minimum absolute atomic E-state index is 0.0630. The third kappa shape index (κ3) is 7.12. The molecule has 0 bridgehead atoms. The first-order valence-corrected chi connectivity index (χ1v) is 13.8. The third-order valence-corrected chi connectivity index (χ3v) is 7.24. The molecule has 9 heteroatoms. The molecular weight excluding hydrogens is 564 g/mol. The quantitative estimate of drug-likeness (QED) is 0.213. The molecule has 1 amide bonds. The molecule has 6 nitrogen and oxygen atoms in total. The first-order chi connectivity index (χ1) is 19.7. The van der Waals surface area contributed by atoms with E-state index in [4.69, 9.17) is 33.4 Å². The minimum atomic E-state index is -0.969. The summed E-state index contributed by atoms with van der Waals surface area (Å²) in [4.78, 5) is 23.0. The number of carboxylic acid groups (broad SMARTS) is 1. The number of hydrogen-bond acceptors (Lipinski definition) is 3. The summed E-state index contributed by atoms with van der Waals surface area (Å²) in [7, 11) is 0. The molecule has 0 saturated carbocycles. The fourth-order valence-corrected chi connectivity index (χ4v) is 5.23. The average molecular weight is 590 g/mol. The molecule has 0 saturated heterocycles. The molecular formula is C32H26Cl2FN3O3. The number of aliphatic carboxylic acids is 1. The minimum Gasteiger partial charge on any atom is -0.481 e. The zero-order valence-electron chi connectivity index (χ0n) is 21.9. The molecule has 1 aliphatic carbocycles. The normalized spacial score (nSPS) is 14.5. The zero-order chi connectivity index (χ0) is 28.9. The zero-order valence-corrected chi connectivity index (χ0v) is 23.4. The first-order valence-electron chi connectivity index (χ1n) is 13.0. The second kappa shape index (κ2) is 12.5. The van der Waals surface area contributed by atoms with Crippen LogP contribution in [-0.4, -0.2) is 33.3 Å². The van der Waals surface area contributed by atoms with Gasteiger partial charge in [0.15, 0.2) is 0 Å². The molecule has 1 aromatic heterocycles. The monoisotopic (exact) mass is 589 g/mol. The molecule has 5 rings (SSSR count). The lowest BCUT2D eigenvalue weighted by atomic mass is 9.89. The second-order valence-corrected chi connectivity index (χ2v) is 10.6. The fourth-order valence-electron chi connectivity index (χ4n) is 4.70.